The summed E-state index contributed by atoms with van der Waals surface area (Å²) in [6, 6.07) is 10.9. The fourth-order valence-electron chi connectivity index (χ4n) is 2.31. The van der Waals surface area contributed by atoms with Crippen molar-refractivity contribution in [2.75, 3.05) is 13.9 Å². The molecule has 5 nitrogen and oxygen atoms in total. The standard InChI is InChI=1S/C16H17NO4/c1-10(17)16-13(18-2)4-3-5-14(16)21-11-6-7-12-15(8-11)20-9-19-12/h3-8,10H,9,17H2,1-2H3/t10-/m0/s1. The molecule has 21 heavy (non-hydrogen) atoms. The number of benzene rings is 2. The molecule has 0 radical (unpaired) electrons. The second-order valence-electron chi connectivity index (χ2n) is 4.78. The van der Waals surface area contributed by atoms with Crippen LogP contribution in [0.2, 0.25) is 0 Å². The Bertz CT molecular complexity index is 655. The summed E-state index contributed by atoms with van der Waals surface area (Å²) < 4.78 is 21.9. The lowest BCUT2D eigenvalue weighted by molar-refractivity contribution is 0.174. The van der Waals surface area contributed by atoms with E-state index in [0.717, 1.165) is 11.3 Å². The summed E-state index contributed by atoms with van der Waals surface area (Å²) in [5.41, 5.74) is 6.86. The van der Waals surface area contributed by atoms with Gasteiger partial charge in [0.2, 0.25) is 6.79 Å². The first-order valence-electron chi connectivity index (χ1n) is 6.69. The zero-order valence-electron chi connectivity index (χ0n) is 12.0. The second-order valence-corrected chi connectivity index (χ2v) is 4.78. The molecule has 0 spiro atoms. The van der Waals surface area contributed by atoms with Gasteiger partial charge in [-0.1, -0.05) is 6.07 Å². The van der Waals surface area contributed by atoms with E-state index in [4.69, 9.17) is 24.7 Å². The van der Waals surface area contributed by atoms with Crippen molar-refractivity contribution in [3.8, 4) is 28.7 Å². The monoisotopic (exact) mass is 287 g/mol. The lowest BCUT2D eigenvalue weighted by Gasteiger charge is -2.17. The van der Waals surface area contributed by atoms with Gasteiger partial charge >= 0.3 is 0 Å². The van der Waals surface area contributed by atoms with E-state index in [-0.39, 0.29) is 12.8 Å². The van der Waals surface area contributed by atoms with Crippen LogP contribution < -0.4 is 24.7 Å². The van der Waals surface area contributed by atoms with Gasteiger partial charge in [-0.15, -0.1) is 0 Å². The first-order chi connectivity index (χ1) is 10.2. The van der Waals surface area contributed by atoms with Crippen molar-refractivity contribution in [1.82, 2.24) is 0 Å². The van der Waals surface area contributed by atoms with Crippen LogP contribution in [-0.2, 0) is 0 Å². The molecule has 0 fully saturated rings. The molecule has 0 saturated carbocycles. The molecule has 0 saturated heterocycles. The number of nitrogens with two attached hydrogens (primary N) is 1. The highest BCUT2D eigenvalue weighted by Gasteiger charge is 2.17. The van der Waals surface area contributed by atoms with Crippen molar-refractivity contribution in [1.29, 1.82) is 0 Å². The minimum atomic E-state index is -0.204. The van der Waals surface area contributed by atoms with Crippen molar-refractivity contribution < 1.29 is 18.9 Å². The van der Waals surface area contributed by atoms with Gasteiger partial charge in [0, 0.05) is 12.1 Å². The smallest absolute Gasteiger partial charge is 0.231 e. The fraction of sp³-hybridized carbons (Fsp3) is 0.250. The average Bonchev–Trinajstić information content (AvgIpc) is 2.94. The maximum Gasteiger partial charge on any atom is 0.231 e. The third-order valence-corrected chi connectivity index (χ3v) is 3.27. The molecule has 0 aromatic heterocycles. The third-order valence-electron chi connectivity index (χ3n) is 3.27. The van der Waals surface area contributed by atoms with Gasteiger partial charge in [-0.25, -0.2) is 0 Å². The molecule has 0 aliphatic carbocycles. The fourth-order valence-corrected chi connectivity index (χ4v) is 2.31. The molecule has 1 atom stereocenters. The third kappa shape index (κ3) is 2.60. The Morgan fingerprint density at radius 1 is 1.10 bits per heavy atom. The predicted molar refractivity (Wildman–Crippen MR) is 78.2 cm³/mol. The maximum absolute atomic E-state index is 6.03. The predicted octanol–water partition coefficient (Wildman–Crippen LogP) is 3.24. The molecule has 2 aromatic rings. The number of methoxy groups -OCH3 is 1. The minimum absolute atomic E-state index is 0.204. The Morgan fingerprint density at radius 3 is 2.62 bits per heavy atom. The first-order valence-corrected chi connectivity index (χ1v) is 6.69. The molecule has 110 valence electrons. The number of hydrogen-bond donors (Lipinski definition) is 1. The molecular formula is C16H17NO4. The highest BCUT2D eigenvalue weighted by Crippen LogP contribution is 2.39. The van der Waals surface area contributed by atoms with Crippen LogP contribution in [0.4, 0.5) is 0 Å². The van der Waals surface area contributed by atoms with Gasteiger partial charge in [-0.3, -0.25) is 0 Å². The first kappa shape index (κ1) is 13.6. The number of ether oxygens (including phenoxy) is 4. The van der Waals surface area contributed by atoms with Gasteiger partial charge < -0.3 is 24.7 Å². The molecule has 3 rings (SSSR count). The highest BCUT2D eigenvalue weighted by atomic mass is 16.7. The van der Waals surface area contributed by atoms with Gasteiger partial charge in [0.25, 0.3) is 0 Å². The van der Waals surface area contributed by atoms with E-state index in [2.05, 4.69) is 0 Å². The molecule has 2 aromatic carbocycles. The van der Waals surface area contributed by atoms with E-state index in [1.54, 1.807) is 13.2 Å². The van der Waals surface area contributed by atoms with Crippen LogP contribution in [0.15, 0.2) is 36.4 Å². The summed E-state index contributed by atoms with van der Waals surface area (Å²) in [5, 5.41) is 0. The summed E-state index contributed by atoms with van der Waals surface area (Å²) >= 11 is 0. The Hall–Kier alpha value is -2.40. The molecule has 2 N–H and O–H groups in total. The number of rotatable bonds is 4. The largest absolute Gasteiger partial charge is 0.496 e. The van der Waals surface area contributed by atoms with Gasteiger partial charge in [0.15, 0.2) is 11.5 Å². The summed E-state index contributed by atoms with van der Waals surface area (Å²) in [5.74, 6) is 3.44. The molecular weight excluding hydrogens is 270 g/mol. The Labute approximate surface area is 123 Å². The van der Waals surface area contributed by atoms with E-state index in [9.17, 15) is 0 Å². The number of hydrogen-bond acceptors (Lipinski definition) is 5. The second kappa shape index (κ2) is 5.54. The lowest BCUT2D eigenvalue weighted by atomic mass is 10.1. The average molecular weight is 287 g/mol. The van der Waals surface area contributed by atoms with Gasteiger partial charge in [0.05, 0.1) is 12.7 Å². The lowest BCUT2D eigenvalue weighted by Crippen LogP contribution is -2.08. The maximum atomic E-state index is 6.03. The number of fused-ring (bicyclic) bond motifs is 1. The molecule has 1 aliphatic rings. The summed E-state index contributed by atoms with van der Waals surface area (Å²) in [6.45, 7) is 2.13. The summed E-state index contributed by atoms with van der Waals surface area (Å²) in [6.07, 6.45) is 0. The summed E-state index contributed by atoms with van der Waals surface area (Å²) in [4.78, 5) is 0. The Balaban J connectivity index is 1.94. The zero-order valence-corrected chi connectivity index (χ0v) is 12.0. The molecule has 5 heteroatoms. The Kier molecular flexibility index (Phi) is 3.58. The molecule has 0 unspecified atom stereocenters. The quantitative estimate of drug-likeness (QED) is 0.935. The van der Waals surface area contributed by atoms with Crippen molar-refractivity contribution in [3.63, 3.8) is 0 Å². The van der Waals surface area contributed by atoms with Crippen LogP contribution in [0.25, 0.3) is 0 Å². The molecule has 0 bridgehead atoms. The van der Waals surface area contributed by atoms with Crippen LogP contribution >= 0.6 is 0 Å². The molecule has 0 amide bonds. The highest BCUT2D eigenvalue weighted by molar-refractivity contribution is 5.51. The normalized spacial score (nSPS) is 13.9. The van der Waals surface area contributed by atoms with E-state index in [1.165, 1.54) is 0 Å². The zero-order chi connectivity index (χ0) is 14.8. The van der Waals surface area contributed by atoms with Crippen LogP contribution in [0.3, 0.4) is 0 Å². The van der Waals surface area contributed by atoms with Crippen LogP contribution in [0.5, 0.6) is 28.7 Å². The summed E-state index contributed by atoms with van der Waals surface area (Å²) in [7, 11) is 1.62. The van der Waals surface area contributed by atoms with Gasteiger partial charge in [-0.05, 0) is 31.2 Å². The van der Waals surface area contributed by atoms with Gasteiger partial charge in [0.1, 0.15) is 17.2 Å². The van der Waals surface area contributed by atoms with Gasteiger partial charge in [-0.2, -0.15) is 0 Å². The van der Waals surface area contributed by atoms with Crippen molar-refractivity contribution >= 4 is 0 Å². The minimum Gasteiger partial charge on any atom is -0.496 e. The van der Waals surface area contributed by atoms with E-state index in [0.29, 0.717) is 23.0 Å². The molecule has 1 aliphatic heterocycles. The SMILES string of the molecule is COc1cccc(Oc2ccc3c(c2)OCO3)c1[C@H](C)N. The topological polar surface area (TPSA) is 62.9 Å². The van der Waals surface area contributed by atoms with Crippen molar-refractivity contribution in [2.24, 2.45) is 5.73 Å². The van der Waals surface area contributed by atoms with Crippen molar-refractivity contribution in [2.45, 2.75) is 13.0 Å². The van der Waals surface area contributed by atoms with E-state index in [1.807, 2.05) is 37.3 Å². The van der Waals surface area contributed by atoms with E-state index >= 15 is 0 Å². The van der Waals surface area contributed by atoms with Crippen molar-refractivity contribution in [3.05, 3.63) is 42.0 Å². The Morgan fingerprint density at radius 2 is 1.86 bits per heavy atom. The van der Waals surface area contributed by atoms with E-state index < -0.39 is 0 Å². The van der Waals surface area contributed by atoms with Crippen LogP contribution in [-0.4, -0.2) is 13.9 Å². The van der Waals surface area contributed by atoms with Crippen LogP contribution in [0.1, 0.15) is 18.5 Å². The van der Waals surface area contributed by atoms with Crippen LogP contribution in [0, 0.1) is 0 Å². The molecule has 1 heterocycles.